The lowest BCUT2D eigenvalue weighted by Gasteiger charge is -2.02. The molecule has 2 heteroatoms. The maximum absolute atomic E-state index is 10.5. The van der Waals surface area contributed by atoms with Gasteiger partial charge in [0.15, 0.2) is 0 Å². The highest BCUT2D eigenvalue weighted by Crippen LogP contribution is 2.45. The van der Waals surface area contributed by atoms with E-state index in [1.54, 1.807) is 0 Å². The van der Waals surface area contributed by atoms with Crippen molar-refractivity contribution in [2.45, 2.75) is 103 Å². The van der Waals surface area contributed by atoms with Crippen molar-refractivity contribution in [2.75, 3.05) is 0 Å². The summed E-state index contributed by atoms with van der Waals surface area (Å²) < 4.78 is 0. The number of carboxylic acid groups (broad SMARTS) is 1. The largest absolute Gasteiger partial charge is 0.481 e. The van der Waals surface area contributed by atoms with Crippen molar-refractivity contribution in [3.05, 3.63) is 0 Å². The Morgan fingerprint density at radius 1 is 0.810 bits per heavy atom. The predicted octanol–water partition coefficient (Wildman–Crippen LogP) is 6.19. The van der Waals surface area contributed by atoms with Crippen LogP contribution in [0.4, 0.5) is 0 Å². The molecular formula is C19H36O2. The van der Waals surface area contributed by atoms with Crippen LogP contribution in [0.3, 0.4) is 0 Å². The van der Waals surface area contributed by atoms with E-state index in [1.165, 1.54) is 77.0 Å². The molecule has 1 N–H and O–H groups in total. The first-order valence-electron chi connectivity index (χ1n) is 9.45. The standard InChI is InChI=1S/C19H36O2/c1-2-3-4-5-6-7-8-9-10-11-13-17-16-18(17)14-12-15-19(20)21/h17-18H,2-16H2,1H3,(H,20,21). The molecule has 0 saturated heterocycles. The second-order valence-electron chi connectivity index (χ2n) is 7.01. The zero-order chi connectivity index (χ0) is 15.3. The number of carboxylic acids is 1. The molecular weight excluding hydrogens is 260 g/mol. The third-order valence-electron chi connectivity index (χ3n) is 4.96. The summed E-state index contributed by atoms with van der Waals surface area (Å²) in [5, 5.41) is 8.62. The fourth-order valence-electron chi connectivity index (χ4n) is 3.43. The van der Waals surface area contributed by atoms with Crippen LogP contribution < -0.4 is 0 Å². The predicted molar refractivity (Wildman–Crippen MR) is 89.5 cm³/mol. The minimum absolute atomic E-state index is 0.363. The van der Waals surface area contributed by atoms with E-state index in [2.05, 4.69) is 6.92 Å². The lowest BCUT2D eigenvalue weighted by atomic mass is 10.0. The molecule has 21 heavy (non-hydrogen) atoms. The fraction of sp³-hybridized carbons (Fsp3) is 0.947. The van der Waals surface area contributed by atoms with E-state index >= 15 is 0 Å². The van der Waals surface area contributed by atoms with E-state index in [4.69, 9.17) is 5.11 Å². The van der Waals surface area contributed by atoms with Crippen LogP contribution in [0.5, 0.6) is 0 Å². The van der Waals surface area contributed by atoms with E-state index in [-0.39, 0.29) is 0 Å². The van der Waals surface area contributed by atoms with Crippen molar-refractivity contribution in [3.8, 4) is 0 Å². The molecule has 2 atom stereocenters. The number of aliphatic carboxylic acids is 1. The van der Waals surface area contributed by atoms with Gasteiger partial charge in [-0.15, -0.1) is 0 Å². The van der Waals surface area contributed by atoms with Crippen LogP contribution in [0.15, 0.2) is 0 Å². The number of rotatable bonds is 15. The molecule has 0 aromatic rings. The van der Waals surface area contributed by atoms with Gasteiger partial charge in [0.2, 0.25) is 0 Å². The molecule has 0 heterocycles. The summed E-state index contributed by atoms with van der Waals surface area (Å²) in [5.74, 6) is 1.16. The van der Waals surface area contributed by atoms with Crippen LogP contribution in [0.2, 0.25) is 0 Å². The van der Waals surface area contributed by atoms with Gasteiger partial charge in [-0.2, -0.15) is 0 Å². The van der Waals surface area contributed by atoms with Crippen molar-refractivity contribution in [3.63, 3.8) is 0 Å². The highest BCUT2D eigenvalue weighted by Gasteiger charge is 2.35. The highest BCUT2D eigenvalue weighted by molar-refractivity contribution is 5.66. The van der Waals surface area contributed by atoms with Crippen LogP contribution in [0, 0.1) is 11.8 Å². The maximum atomic E-state index is 10.5. The van der Waals surface area contributed by atoms with Crippen LogP contribution in [-0.4, -0.2) is 11.1 Å². The Bertz CT molecular complexity index is 262. The van der Waals surface area contributed by atoms with Crippen molar-refractivity contribution in [2.24, 2.45) is 11.8 Å². The Hall–Kier alpha value is -0.530. The topological polar surface area (TPSA) is 37.3 Å². The quantitative estimate of drug-likeness (QED) is 0.366. The number of carbonyl (C=O) groups is 1. The summed E-state index contributed by atoms with van der Waals surface area (Å²) >= 11 is 0. The zero-order valence-corrected chi connectivity index (χ0v) is 14.1. The summed E-state index contributed by atoms with van der Waals surface area (Å²) in [7, 11) is 0. The first-order chi connectivity index (χ1) is 10.2. The van der Waals surface area contributed by atoms with Crippen molar-refractivity contribution in [1.29, 1.82) is 0 Å². The molecule has 0 radical (unpaired) electrons. The summed E-state index contributed by atoms with van der Waals surface area (Å²) in [6, 6.07) is 0. The van der Waals surface area contributed by atoms with Gasteiger partial charge < -0.3 is 5.11 Å². The van der Waals surface area contributed by atoms with Crippen molar-refractivity contribution < 1.29 is 9.90 Å². The van der Waals surface area contributed by atoms with Crippen LogP contribution in [-0.2, 0) is 4.79 Å². The van der Waals surface area contributed by atoms with Crippen LogP contribution >= 0.6 is 0 Å². The maximum Gasteiger partial charge on any atom is 0.303 e. The Morgan fingerprint density at radius 3 is 1.81 bits per heavy atom. The van der Waals surface area contributed by atoms with Crippen LogP contribution in [0.1, 0.15) is 103 Å². The first kappa shape index (κ1) is 18.5. The lowest BCUT2D eigenvalue weighted by Crippen LogP contribution is -1.94. The van der Waals surface area contributed by atoms with Gasteiger partial charge in [-0.25, -0.2) is 0 Å². The van der Waals surface area contributed by atoms with Crippen LogP contribution in [0.25, 0.3) is 0 Å². The van der Waals surface area contributed by atoms with E-state index in [0.717, 1.165) is 24.7 Å². The average Bonchev–Trinajstić information content (AvgIpc) is 3.19. The molecule has 1 aliphatic carbocycles. The normalized spacial score (nSPS) is 20.6. The van der Waals surface area contributed by atoms with Gasteiger partial charge in [0, 0.05) is 6.42 Å². The van der Waals surface area contributed by atoms with E-state index in [1.807, 2.05) is 0 Å². The molecule has 0 aromatic carbocycles. The van der Waals surface area contributed by atoms with Gasteiger partial charge >= 0.3 is 5.97 Å². The molecule has 0 amide bonds. The smallest absolute Gasteiger partial charge is 0.303 e. The average molecular weight is 296 g/mol. The third-order valence-corrected chi connectivity index (χ3v) is 4.96. The summed E-state index contributed by atoms with van der Waals surface area (Å²) in [6.07, 6.45) is 19.3. The second-order valence-corrected chi connectivity index (χ2v) is 7.01. The molecule has 0 spiro atoms. The molecule has 1 saturated carbocycles. The number of unbranched alkanes of at least 4 members (excludes halogenated alkanes) is 9. The van der Waals surface area contributed by atoms with Gasteiger partial charge in [-0.1, -0.05) is 77.6 Å². The highest BCUT2D eigenvalue weighted by atomic mass is 16.4. The summed E-state index contributed by atoms with van der Waals surface area (Å²) in [6.45, 7) is 2.27. The third kappa shape index (κ3) is 10.8. The molecule has 2 nitrogen and oxygen atoms in total. The minimum atomic E-state index is -0.637. The monoisotopic (exact) mass is 296 g/mol. The number of hydrogen-bond donors (Lipinski definition) is 1. The van der Waals surface area contributed by atoms with Gasteiger partial charge in [-0.3, -0.25) is 4.79 Å². The zero-order valence-electron chi connectivity index (χ0n) is 14.1. The van der Waals surface area contributed by atoms with Gasteiger partial charge in [0.25, 0.3) is 0 Å². The van der Waals surface area contributed by atoms with Crippen molar-refractivity contribution in [1.82, 2.24) is 0 Å². The molecule has 124 valence electrons. The summed E-state index contributed by atoms with van der Waals surface area (Å²) in [5.41, 5.74) is 0. The SMILES string of the molecule is CCCCCCCCCCCCC1CC1CCCC(=O)O. The molecule has 1 fully saturated rings. The Labute approximate surface area is 131 Å². The van der Waals surface area contributed by atoms with Gasteiger partial charge in [0.05, 0.1) is 0 Å². The second kappa shape index (κ2) is 12.1. The van der Waals surface area contributed by atoms with E-state index in [9.17, 15) is 4.79 Å². The molecule has 1 aliphatic rings. The minimum Gasteiger partial charge on any atom is -0.481 e. The fourth-order valence-corrected chi connectivity index (χ4v) is 3.43. The van der Waals surface area contributed by atoms with Gasteiger partial charge in [-0.05, 0) is 31.1 Å². The van der Waals surface area contributed by atoms with E-state index < -0.39 is 5.97 Å². The summed E-state index contributed by atoms with van der Waals surface area (Å²) in [4.78, 5) is 10.5. The molecule has 1 rings (SSSR count). The molecule has 0 bridgehead atoms. The number of hydrogen-bond acceptors (Lipinski definition) is 1. The lowest BCUT2D eigenvalue weighted by molar-refractivity contribution is -0.137. The van der Waals surface area contributed by atoms with Gasteiger partial charge in [0.1, 0.15) is 0 Å². The Morgan fingerprint density at radius 2 is 1.29 bits per heavy atom. The molecule has 2 unspecified atom stereocenters. The molecule has 0 aliphatic heterocycles. The molecule has 0 aromatic heterocycles. The van der Waals surface area contributed by atoms with Crippen molar-refractivity contribution >= 4 is 5.97 Å². The van der Waals surface area contributed by atoms with E-state index in [0.29, 0.717) is 6.42 Å². The Balaban J connectivity index is 1.75. The Kier molecular flexibility index (Phi) is 10.6. The first-order valence-corrected chi connectivity index (χ1v) is 9.45.